The summed E-state index contributed by atoms with van der Waals surface area (Å²) < 4.78 is 31.2. The summed E-state index contributed by atoms with van der Waals surface area (Å²) in [4.78, 5) is 15.1. The SMILES string of the molecule is COC(=O)c1cc(S(=O)(=O)Nc2cccnc2)ccc1O. The Morgan fingerprint density at radius 3 is 2.71 bits per heavy atom. The van der Waals surface area contributed by atoms with E-state index in [0.717, 1.165) is 19.2 Å². The fourth-order valence-corrected chi connectivity index (χ4v) is 2.66. The van der Waals surface area contributed by atoms with Crippen LogP contribution in [0.3, 0.4) is 0 Å². The van der Waals surface area contributed by atoms with Crippen LogP contribution in [0.5, 0.6) is 5.75 Å². The van der Waals surface area contributed by atoms with Crippen molar-refractivity contribution in [2.45, 2.75) is 4.90 Å². The topological polar surface area (TPSA) is 106 Å². The molecular weight excluding hydrogens is 296 g/mol. The third-order valence-corrected chi connectivity index (χ3v) is 3.98. The molecule has 0 spiro atoms. The van der Waals surface area contributed by atoms with E-state index < -0.39 is 16.0 Å². The molecule has 21 heavy (non-hydrogen) atoms. The van der Waals surface area contributed by atoms with Gasteiger partial charge in [-0.2, -0.15) is 0 Å². The average molecular weight is 308 g/mol. The third kappa shape index (κ3) is 3.29. The molecule has 0 aliphatic carbocycles. The monoisotopic (exact) mass is 308 g/mol. The quantitative estimate of drug-likeness (QED) is 0.826. The second-order valence-corrected chi connectivity index (χ2v) is 5.70. The maximum absolute atomic E-state index is 12.2. The Morgan fingerprint density at radius 1 is 1.33 bits per heavy atom. The molecule has 2 N–H and O–H groups in total. The first-order valence-electron chi connectivity index (χ1n) is 5.78. The van der Waals surface area contributed by atoms with Crippen LogP contribution in [0.25, 0.3) is 0 Å². The number of pyridine rings is 1. The van der Waals surface area contributed by atoms with Crippen molar-refractivity contribution in [3.8, 4) is 5.75 Å². The summed E-state index contributed by atoms with van der Waals surface area (Å²) in [5, 5.41) is 9.57. The van der Waals surface area contributed by atoms with Crippen LogP contribution in [0.2, 0.25) is 0 Å². The van der Waals surface area contributed by atoms with E-state index in [-0.39, 0.29) is 21.9 Å². The molecule has 1 heterocycles. The minimum atomic E-state index is -3.90. The molecule has 0 unspecified atom stereocenters. The van der Waals surface area contributed by atoms with Gasteiger partial charge in [-0.1, -0.05) is 0 Å². The summed E-state index contributed by atoms with van der Waals surface area (Å²) in [6.07, 6.45) is 2.85. The fraction of sp³-hybridized carbons (Fsp3) is 0.0769. The summed E-state index contributed by atoms with van der Waals surface area (Å²) >= 11 is 0. The number of nitrogens with one attached hydrogen (secondary N) is 1. The number of phenolic OH excluding ortho intramolecular Hbond substituents is 1. The van der Waals surface area contributed by atoms with Crippen LogP contribution in [0, 0.1) is 0 Å². The van der Waals surface area contributed by atoms with Gasteiger partial charge in [-0.25, -0.2) is 13.2 Å². The van der Waals surface area contributed by atoms with Gasteiger partial charge in [0.2, 0.25) is 0 Å². The first kappa shape index (κ1) is 14.8. The number of hydrogen-bond donors (Lipinski definition) is 2. The lowest BCUT2D eigenvalue weighted by Crippen LogP contribution is -2.14. The van der Waals surface area contributed by atoms with Crippen molar-refractivity contribution in [1.82, 2.24) is 4.98 Å². The summed E-state index contributed by atoms with van der Waals surface area (Å²) in [6, 6.07) is 6.45. The summed E-state index contributed by atoms with van der Waals surface area (Å²) in [7, 11) is -2.77. The van der Waals surface area contributed by atoms with Gasteiger partial charge in [0.05, 0.1) is 23.9 Å². The normalized spacial score (nSPS) is 10.9. The van der Waals surface area contributed by atoms with Gasteiger partial charge >= 0.3 is 5.97 Å². The molecule has 0 saturated carbocycles. The van der Waals surface area contributed by atoms with Gasteiger partial charge in [-0.3, -0.25) is 9.71 Å². The van der Waals surface area contributed by atoms with E-state index in [2.05, 4.69) is 14.4 Å². The molecule has 2 rings (SSSR count). The van der Waals surface area contributed by atoms with Crippen molar-refractivity contribution in [2.75, 3.05) is 11.8 Å². The Morgan fingerprint density at radius 2 is 2.10 bits per heavy atom. The summed E-state index contributed by atoms with van der Waals surface area (Å²) in [6.45, 7) is 0. The highest BCUT2D eigenvalue weighted by molar-refractivity contribution is 7.92. The van der Waals surface area contributed by atoms with Gasteiger partial charge in [-0.15, -0.1) is 0 Å². The van der Waals surface area contributed by atoms with Crippen LogP contribution in [0.15, 0.2) is 47.6 Å². The predicted molar refractivity (Wildman–Crippen MR) is 74.5 cm³/mol. The van der Waals surface area contributed by atoms with E-state index in [1.165, 1.54) is 24.5 Å². The molecule has 110 valence electrons. The van der Waals surface area contributed by atoms with E-state index in [9.17, 15) is 18.3 Å². The number of carbonyl (C=O) groups is 1. The van der Waals surface area contributed by atoms with Crippen LogP contribution in [-0.2, 0) is 14.8 Å². The molecular formula is C13H12N2O5S. The fourth-order valence-electron chi connectivity index (χ4n) is 1.59. The number of carbonyl (C=O) groups excluding carboxylic acids is 1. The zero-order valence-electron chi connectivity index (χ0n) is 11.0. The minimum Gasteiger partial charge on any atom is -0.507 e. The number of anilines is 1. The number of aromatic nitrogens is 1. The van der Waals surface area contributed by atoms with Crippen LogP contribution in [-0.4, -0.2) is 31.6 Å². The lowest BCUT2D eigenvalue weighted by Gasteiger charge is -2.09. The highest BCUT2D eigenvalue weighted by atomic mass is 32.2. The van der Waals surface area contributed by atoms with E-state index >= 15 is 0 Å². The van der Waals surface area contributed by atoms with Gasteiger partial charge in [0, 0.05) is 6.20 Å². The number of methoxy groups -OCH3 is 1. The number of ether oxygens (including phenoxy) is 1. The number of nitrogens with zero attached hydrogens (tertiary/aromatic N) is 1. The van der Waals surface area contributed by atoms with E-state index in [0.29, 0.717) is 0 Å². The first-order valence-corrected chi connectivity index (χ1v) is 7.26. The number of esters is 1. The molecule has 0 atom stereocenters. The number of aromatic hydroxyl groups is 1. The predicted octanol–water partition coefficient (Wildman–Crippen LogP) is 1.37. The first-order chi connectivity index (χ1) is 9.94. The molecule has 0 fully saturated rings. The van der Waals surface area contributed by atoms with E-state index in [1.54, 1.807) is 6.07 Å². The zero-order valence-corrected chi connectivity index (χ0v) is 11.8. The number of benzene rings is 1. The second-order valence-electron chi connectivity index (χ2n) is 4.02. The third-order valence-electron chi connectivity index (χ3n) is 2.60. The molecule has 0 amide bonds. The smallest absolute Gasteiger partial charge is 0.341 e. The molecule has 0 saturated heterocycles. The van der Waals surface area contributed by atoms with Crippen LogP contribution in [0.4, 0.5) is 5.69 Å². The van der Waals surface area contributed by atoms with Gasteiger partial charge < -0.3 is 9.84 Å². The van der Waals surface area contributed by atoms with Crippen LogP contribution >= 0.6 is 0 Å². The Hall–Kier alpha value is -2.61. The van der Waals surface area contributed by atoms with Crippen molar-refractivity contribution < 1.29 is 23.1 Å². The highest BCUT2D eigenvalue weighted by Crippen LogP contribution is 2.23. The van der Waals surface area contributed by atoms with Crippen molar-refractivity contribution in [3.63, 3.8) is 0 Å². The lowest BCUT2D eigenvalue weighted by atomic mass is 10.2. The summed E-state index contributed by atoms with van der Waals surface area (Å²) in [5.41, 5.74) is 0.0526. The van der Waals surface area contributed by atoms with Gasteiger partial charge in [0.15, 0.2) is 0 Å². The molecule has 1 aromatic heterocycles. The number of rotatable bonds is 4. The van der Waals surface area contributed by atoms with Crippen LogP contribution < -0.4 is 4.72 Å². The highest BCUT2D eigenvalue weighted by Gasteiger charge is 2.19. The average Bonchev–Trinajstić information content (AvgIpc) is 2.47. The van der Waals surface area contributed by atoms with Crippen molar-refractivity contribution in [2.24, 2.45) is 0 Å². The van der Waals surface area contributed by atoms with E-state index in [4.69, 9.17) is 0 Å². The Bertz CT molecular complexity index is 759. The number of sulfonamides is 1. The minimum absolute atomic E-state index is 0.176. The Balaban J connectivity index is 2.39. The Kier molecular flexibility index (Phi) is 4.08. The molecule has 0 bridgehead atoms. The van der Waals surface area contributed by atoms with Crippen molar-refractivity contribution in [3.05, 3.63) is 48.3 Å². The molecule has 7 nitrogen and oxygen atoms in total. The number of hydrogen-bond acceptors (Lipinski definition) is 6. The largest absolute Gasteiger partial charge is 0.507 e. The zero-order chi connectivity index (χ0) is 15.5. The number of phenols is 1. The van der Waals surface area contributed by atoms with Gasteiger partial charge in [-0.05, 0) is 30.3 Å². The molecule has 1 aromatic carbocycles. The van der Waals surface area contributed by atoms with E-state index in [1.807, 2.05) is 0 Å². The second kappa shape index (κ2) is 5.80. The van der Waals surface area contributed by atoms with Crippen LogP contribution in [0.1, 0.15) is 10.4 Å². The molecule has 0 aliphatic heterocycles. The van der Waals surface area contributed by atoms with Gasteiger partial charge in [0.1, 0.15) is 11.3 Å². The summed E-state index contributed by atoms with van der Waals surface area (Å²) in [5.74, 6) is -1.19. The van der Waals surface area contributed by atoms with Crippen molar-refractivity contribution in [1.29, 1.82) is 0 Å². The maximum Gasteiger partial charge on any atom is 0.341 e. The molecule has 0 aliphatic rings. The lowest BCUT2D eigenvalue weighted by molar-refractivity contribution is 0.0597. The maximum atomic E-state index is 12.2. The Labute approximate surface area is 121 Å². The molecule has 2 aromatic rings. The standard InChI is InChI=1S/C13H12N2O5S/c1-20-13(17)11-7-10(4-5-12(11)16)21(18,19)15-9-3-2-6-14-8-9/h2-8,15-16H,1H3. The van der Waals surface area contributed by atoms with Crippen molar-refractivity contribution >= 4 is 21.7 Å². The van der Waals surface area contributed by atoms with Gasteiger partial charge in [0.25, 0.3) is 10.0 Å². The molecule has 8 heteroatoms. The molecule has 0 radical (unpaired) electrons.